The predicted molar refractivity (Wildman–Crippen MR) is 122 cm³/mol. The van der Waals surface area contributed by atoms with Crippen LogP contribution in [0.3, 0.4) is 0 Å². The second kappa shape index (κ2) is 13.8. The number of rotatable bonds is 14. The minimum Gasteiger partial charge on any atom is -0.355 e. The van der Waals surface area contributed by atoms with Crippen LogP contribution in [-0.4, -0.2) is 53.1 Å². The molecule has 8 heteroatoms. The maximum Gasteiger partial charge on any atom is 0.230 e. The fourth-order valence-corrected chi connectivity index (χ4v) is 3.90. The number of hydrogen-bond acceptors (Lipinski definition) is 6. The Morgan fingerprint density at radius 1 is 1.03 bits per heavy atom. The Bertz CT molecular complexity index is 766. The van der Waals surface area contributed by atoms with Gasteiger partial charge in [-0.3, -0.25) is 9.59 Å². The Morgan fingerprint density at radius 2 is 1.83 bits per heavy atom. The van der Waals surface area contributed by atoms with E-state index in [1.165, 1.54) is 11.3 Å². The minimum absolute atomic E-state index is 0.0962. The lowest BCUT2D eigenvalue weighted by Gasteiger charge is -2.19. The molecule has 7 nitrogen and oxygen atoms in total. The number of unbranched alkanes of at least 4 members (excludes halogenated alkanes) is 1. The number of carbonyl (C=O) groups is 2. The summed E-state index contributed by atoms with van der Waals surface area (Å²) in [6, 6.07) is 9.60. The average Bonchev–Trinajstić information content (AvgIpc) is 3.18. The molecule has 0 radical (unpaired) electrons. The first kappa shape index (κ1) is 24.0. The zero-order chi connectivity index (χ0) is 21.6. The molecular formula is C22H33N5O2S. The second-order valence-electron chi connectivity index (χ2n) is 7.20. The third kappa shape index (κ3) is 9.45. The summed E-state index contributed by atoms with van der Waals surface area (Å²) in [6.07, 6.45) is 4.43. The largest absolute Gasteiger partial charge is 0.355 e. The first-order valence-corrected chi connectivity index (χ1v) is 11.6. The van der Waals surface area contributed by atoms with Crippen LogP contribution >= 0.6 is 11.3 Å². The third-order valence-corrected chi connectivity index (χ3v) is 5.60. The van der Waals surface area contributed by atoms with Gasteiger partial charge in [0.2, 0.25) is 16.9 Å². The van der Waals surface area contributed by atoms with Gasteiger partial charge in [0.15, 0.2) is 0 Å². The summed E-state index contributed by atoms with van der Waals surface area (Å²) in [6.45, 7) is 8.00. The number of aryl methyl sites for hydroxylation is 1. The molecule has 0 fully saturated rings. The van der Waals surface area contributed by atoms with E-state index in [1.54, 1.807) is 0 Å². The Labute approximate surface area is 183 Å². The predicted octanol–water partition coefficient (Wildman–Crippen LogP) is 3.28. The van der Waals surface area contributed by atoms with Crippen molar-refractivity contribution in [1.82, 2.24) is 20.4 Å². The van der Waals surface area contributed by atoms with E-state index in [2.05, 4.69) is 39.6 Å². The van der Waals surface area contributed by atoms with Crippen LogP contribution in [-0.2, 0) is 22.4 Å². The number of hydrogen-bond donors (Lipinski definition) is 2. The van der Waals surface area contributed by atoms with Gasteiger partial charge in [-0.15, -0.1) is 10.2 Å². The summed E-state index contributed by atoms with van der Waals surface area (Å²) in [5.41, 5.74) is 0.964. The van der Waals surface area contributed by atoms with Crippen molar-refractivity contribution in [3.63, 3.8) is 0 Å². The number of anilines is 1. The Hall–Kier alpha value is -2.32. The van der Waals surface area contributed by atoms with Gasteiger partial charge in [0.25, 0.3) is 0 Å². The maximum atomic E-state index is 12.1. The van der Waals surface area contributed by atoms with Crippen molar-refractivity contribution in [1.29, 1.82) is 0 Å². The fraction of sp³-hybridized carbons (Fsp3) is 0.545. The topological polar surface area (TPSA) is 87.2 Å². The number of amides is 2. The number of likely N-dealkylation sites (N-methyl/N-ethyl adjacent to an activating group) is 1. The SMILES string of the molecule is CCCN(CC)CCNC(=O)CCCCc1nnc(NC(=O)Cc2ccccc2)s1. The van der Waals surface area contributed by atoms with Crippen LogP contribution in [0.4, 0.5) is 5.13 Å². The Balaban J connectivity index is 1.59. The molecule has 0 aliphatic rings. The van der Waals surface area contributed by atoms with Gasteiger partial charge in [0.05, 0.1) is 6.42 Å². The van der Waals surface area contributed by atoms with Gasteiger partial charge >= 0.3 is 0 Å². The summed E-state index contributed by atoms with van der Waals surface area (Å²) in [5, 5.41) is 15.4. The highest BCUT2D eigenvalue weighted by Gasteiger charge is 2.09. The van der Waals surface area contributed by atoms with Crippen molar-refractivity contribution in [3.05, 3.63) is 40.9 Å². The summed E-state index contributed by atoms with van der Waals surface area (Å²) < 4.78 is 0. The minimum atomic E-state index is -0.0962. The number of benzene rings is 1. The number of nitrogens with one attached hydrogen (secondary N) is 2. The Morgan fingerprint density at radius 3 is 2.57 bits per heavy atom. The molecule has 2 aromatic rings. The van der Waals surface area contributed by atoms with Crippen molar-refractivity contribution in [2.75, 3.05) is 31.5 Å². The molecule has 0 bridgehead atoms. The molecule has 1 heterocycles. The smallest absolute Gasteiger partial charge is 0.230 e. The summed E-state index contributed by atoms with van der Waals surface area (Å²) in [7, 11) is 0. The number of carbonyl (C=O) groups excluding carboxylic acids is 2. The van der Waals surface area contributed by atoms with Crippen LogP contribution in [0.2, 0.25) is 0 Å². The van der Waals surface area contributed by atoms with Gasteiger partial charge in [-0.1, -0.05) is 55.5 Å². The molecule has 2 N–H and O–H groups in total. The lowest BCUT2D eigenvalue weighted by atomic mass is 10.1. The highest BCUT2D eigenvalue weighted by Crippen LogP contribution is 2.18. The van der Waals surface area contributed by atoms with E-state index in [0.29, 0.717) is 24.5 Å². The van der Waals surface area contributed by atoms with Crippen molar-refractivity contribution in [2.24, 2.45) is 0 Å². The van der Waals surface area contributed by atoms with E-state index in [-0.39, 0.29) is 11.8 Å². The van der Waals surface area contributed by atoms with Crippen LogP contribution in [0.25, 0.3) is 0 Å². The van der Waals surface area contributed by atoms with Crippen LogP contribution in [0.1, 0.15) is 50.1 Å². The molecule has 0 atom stereocenters. The summed E-state index contributed by atoms with van der Waals surface area (Å²) in [5.74, 6) is 0.00910. The maximum absolute atomic E-state index is 12.1. The molecule has 0 saturated heterocycles. The van der Waals surface area contributed by atoms with Gasteiger partial charge in [0.1, 0.15) is 5.01 Å². The zero-order valence-corrected chi connectivity index (χ0v) is 18.8. The number of nitrogens with zero attached hydrogens (tertiary/aromatic N) is 3. The standard InChI is InChI=1S/C22H33N5O2S/c1-3-15-27(4-2)16-14-23-19(28)12-8-9-13-21-25-26-22(30-21)24-20(29)17-18-10-6-5-7-11-18/h5-7,10-11H,3-4,8-9,12-17H2,1-2H3,(H,23,28)(H,24,26,29). The lowest BCUT2D eigenvalue weighted by Crippen LogP contribution is -2.35. The molecule has 0 spiro atoms. The summed E-state index contributed by atoms with van der Waals surface area (Å²) in [4.78, 5) is 26.4. The molecular weight excluding hydrogens is 398 g/mol. The van der Waals surface area contributed by atoms with Crippen LogP contribution < -0.4 is 10.6 Å². The molecule has 30 heavy (non-hydrogen) atoms. The molecule has 0 unspecified atom stereocenters. The molecule has 2 rings (SSSR count). The molecule has 1 aromatic carbocycles. The van der Waals surface area contributed by atoms with E-state index >= 15 is 0 Å². The van der Waals surface area contributed by atoms with E-state index in [1.807, 2.05) is 30.3 Å². The molecule has 0 aliphatic carbocycles. The van der Waals surface area contributed by atoms with Crippen LogP contribution in [0.15, 0.2) is 30.3 Å². The lowest BCUT2D eigenvalue weighted by molar-refractivity contribution is -0.121. The average molecular weight is 432 g/mol. The molecule has 0 aliphatic heterocycles. The molecule has 0 saturated carbocycles. The van der Waals surface area contributed by atoms with Gasteiger partial charge < -0.3 is 15.5 Å². The molecule has 164 valence electrons. The third-order valence-electron chi connectivity index (χ3n) is 4.70. The van der Waals surface area contributed by atoms with Crippen molar-refractivity contribution in [2.45, 2.75) is 52.4 Å². The summed E-state index contributed by atoms with van der Waals surface area (Å²) >= 11 is 1.39. The monoisotopic (exact) mass is 431 g/mol. The van der Waals surface area contributed by atoms with Gasteiger partial charge in [-0.2, -0.15) is 0 Å². The van der Waals surface area contributed by atoms with E-state index in [0.717, 1.165) is 55.9 Å². The highest BCUT2D eigenvalue weighted by molar-refractivity contribution is 7.15. The van der Waals surface area contributed by atoms with E-state index in [4.69, 9.17) is 0 Å². The van der Waals surface area contributed by atoms with Crippen molar-refractivity contribution >= 4 is 28.3 Å². The first-order valence-electron chi connectivity index (χ1n) is 10.8. The second-order valence-corrected chi connectivity index (χ2v) is 8.26. The highest BCUT2D eigenvalue weighted by atomic mass is 32.1. The zero-order valence-electron chi connectivity index (χ0n) is 18.0. The van der Waals surface area contributed by atoms with Gasteiger partial charge in [0, 0.05) is 25.9 Å². The molecule has 1 aromatic heterocycles. The Kier molecular flexibility index (Phi) is 11.0. The van der Waals surface area contributed by atoms with Crippen LogP contribution in [0.5, 0.6) is 0 Å². The quantitative estimate of drug-likeness (QED) is 0.448. The van der Waals surface area contributed by atoms with E-state index in [9.17, 15) is 9.59 Å². The number of aromatic nitrogens is 2. The van der Waals surface area contributed by atoms with Crippen LogP contribution in [0, 0.1) is 0 Å². The van der Waals surface area contributed by atoms with Gasteiger partial charge in [-0.05, 0) is 37.9 Å². The fourth-order valence-electron chi connectivity index (χ4n) is 3.10. The van der Waals surface area contributed by atoms with Crippen molar-refractivity contribution in [3.8, 4) is 0 Å². The normalized spacial score (nSPS) is 10.9. The van der Waals surface area contributed by atoms with Crippen molar-refractivity contribution < 1.29 is 9.59 Å². The van der Waals surface area contributed by atoms with E-state index < -0.39 is 0 Å². The first-order chi connectivity index (χ1) is 14.6. The molecule has 2 amide bonds. The van der Waals surface area contributed by atoms with Gasteiger partial charge in [-0.25, -0.2) is 0 Å².